The van der Waals surface area contributed by atoms with Gasteiger partial charge in [0.15, 0.2) is 11.5 Å². The molecule has 0 aliphatic carbocycles. The Morgan fingerprint density at radius 3 is 2.69 bits per heavy atom. The van der Waals surface area contributed by atoms with Crippen molar-refractivity contribution >= 4 is 15.9 Å². The van der Waals surface area contributed by atoms with E-state index in [9.17, 15) is 17.6 Å². The molecule has 1 unspecified atom stereocenters. The second kappa shape index (κ2) is 7.30. The van der Waals surface area contributed by atoms with Crippen LogP contribution in [0.5, 0.6) is 11.5 Å². The van der Waals surface area contributed by atoms with Crippen molar-refractivity contribution in [2.24, 2.45) is 0 Å². The molecule has 7 nitrogen and oxygen atoms in total. The van der Waals surface area contributed by atoms with Crippen LogP contribution in [0, 0.1) is 5.82 Å². The van der Waals surface area contributed by atoms with E-state index in [1.165, 1.54) is 19.1 Å². The molecule has 0 fully saturated rings. The lowest BCUT2D eigenvalue weighted by molar-refractivity contribution is -0.122. The molecule has 1 heterocycles. The van der Waals surface area contributed by atoms with Crippen LogP contribution in [0.4, 0.5) is 4.39 Å². The number of benzene rings is 2. The lowest BCUT2D eigenvalue weighted by Crippen LogP contribution is -2.44. The van der Waals surface area contributed by atoms with E-state index in [2.05, 4.69) is 10.0 Å². The standard InChI is InChI=1S/C17H17FN2O5S/c1-11(20-26(22,23)16-5-3-2-4-13(16)18)17(21)19-9-12-6-7-14-15(8-12)25-10-24-14/h2-8,11,20H,9-10H2,1H3,(H,19,21). The molecular weight excluding hydrogens is 363 g/mol. The molecule has 0 saturated carbocycles. The first-order valence-electron chi connectivity index (χ1n) is 7.80. The van der Waals surface area contributed by atoms with E-state index in [1.54, 1.807) is 18.2 Å². The predicted molar refractivity (Wildman–Crippen MR) is 90.6 cm³/mol. The number of carbonyl (C=O) groups is 1. The Labute approximate surface area is 150 Å². The number of hydrogen-bond acceptors (Lipinski definition) is 5. The van der Waals surface area contributed by atoms with E-state index in [0.29, 0.717) is 11.5 Å². The largest absolute Gasteiger partial charge is 0.454 e. The zero-order valence-corrected chi connectivity index (χ0v) is 14.7. The topological polar surface area (TPSA) is 93.7 Å². The second-order valence-corrected chi connectivity index (χ2v) is 7.36. The number of halogens is 1. The molecule has 0 saturated heterocycles. The minimum absolute atomic E-state index is 0.153. The molecule has 26 heavy (non-hydrogen) atoms. The number of sulfonamides is 1. The normalized spacial score (nSPS) is 14.1. The van der Waals surface area contributed by atoms with Gasteiger partial charge in [0, 0.05) is 6.54 Å². The number of amides is 1. The number of hydrogen-bond donors (Lipinski definition) is 2. The van der Waals surface area contributed by atoms with Crippen molar-refractivity contribution in [2.45, 2.75) is 24.4 Å². The lowest BCUT2D eigenvalue weighted by Gasteiger charge is -2.15. The molecule has 2 aromatic carbocycles. The first-order valence-corrected chi connectivity index (χ1v) is 9.28. The van der Waals surface area contributed by atoms with Crippen LogP contribution in [-0.2, 0) is 21.4 Å². The summed E-state index contributed by atoms with van der Waals surface area (Å²) in [5.74, 6) is -0.202. The minimum Gasteiger partial charge on any atom is -0.454 e. The van der Waals surface area contributed by atoms with Gasteiger partial charge >= 0.3 is 0 Å². The van der Waals surface area contributed by atoms with Crippen LogP contribution in [0.2, 0.25) is 0 Å². The molecule has 2 aromatic rings. The molecule has 0 spiro atoms. The average molecular weight is 380 g/mol. The highest BCUT2D eigenvalue weighted by Gasteiger charge is 2.24. The lowest BCUT2D eigenvalue weighted by atomic mass is 10.2. The Balaban J connectivity index is 1.60. The Morgan fingerprint density at radius 1 is 1.19 bits per heavy atom. The average Bonchev–Trinajstić information content (AvgIpc) is 3.07. The molecule has 2 N–H and O–H groups in total. The molecule has 138 valence electrons. The van der Waals surface area contributed by atoms with Gasteiger partial charge in [-0.2, -0.15) is 4.72 Å². The van der Waals surface area contributed by atoms with Crippen LogP contribution in [0.25, 0.3) is 0 Å². The first-order chi connectivity index (χ1) is 12.4. The van der Waals surface area contributed by atoms with Crippen molar-refractivity contribution in [1.82, 2.24) is 10.0 Å². The molecule has 9 heteroatoms. The molecule has 0 aromatic heterocycles. The van der Waals surface area contributed by atoms with Crippen molar-refractivity contribution in [2.75, 3.05) is 6.79 Å². The molecule has 1 aliphatic heterocycles. The maximum atomic E-state index is 13.7. The fourth-order valence-corrected chi connectivity index (χ4v) is 3.69. The Bertz CT molecular complexity index is 933. The fraction of sp³-hybridized carbons (Fsp3) is 0.235. The molecule has 1 atom stereocenters. The highest BCUT2D eigenvalue weighted by Crippen LogP contribution is 2.32. The first kappa shape index (κ1) is 18.2. The van der Waals surface area contributed by atoms with E-state index in [4.69, 9.17) is 9.47 Å². The number of carbonyl (C=O) groups excluding carboxylic acids is 1. The van der Waals surface area contributed by atoms with Crippen LogP contribution >= 0.6 is 0 Å². The van der Waals surface area contributed by atoms with E-state index in [1.807, 2.05) is 0 Å². The zero-order chi connectivity index (χ0) is 18.7. The summed E-state index contributed by atoms with van der Waals surface area (Å²) in [6, 6.07) is 9.12. The maximum absolute atomic E-state index is 13.7. The van der Waals surface area contributed by atoms with Crippen LogP contribution in [0.1, 0.15) is 12.5 Å². The smallest absolute Gasteiger partial charge is 0.244 e. The summed E-state index contributed by atoms with van der Waals surface area (Å²) in [4.78, 5) is 11.7. The highest BCUT2D eigenvalue weighted by atomic mass is 32.2. The SMILES string of the molecule is CC(NS(=O)(=O)c1ccccc1F)C(=O)NCc1ccc2c(c1)OCO2. The van der Waals surface area contributed by atoms with E-state index in [-0.39, 0.29) is 13.3 Å². The van der Waals surface area contributed by atoms with Crippen LogP contribution in [0.15, 0.2) is 47.4 Å². The number of rotatable bonds is 6. The van der Waals surface area contributed by atoms with E-state index >= 15 is 0 Å². The van der Waals surface area contributed by atoms with Crippen LogP contribution < -0.4 is 19.5 Å². The van der Waals surface area contributed by atoms with Gasteiger partial charge in [0.1, 0.15) is 10.7 Å². The van der Waals surface area contributed by atoms with Crippen molar-refractivity contribution in [3.63, 3.8) is 0 Å². The maximum Gasteiger partial charge on any atom is 0.244 e. The molecule has 1 aliphatic rings. The second-order valence-electron chi connectivity index (χ2n) is 5.68. The minimum atomic E-state index is -4.15. The molecule has 0 bridgehead atoms. The summed E-state index contributed by atoms with van der Waals surface area (Å²) in [6.07, 6.45) is 0. The molecule has 1 amide bonds. The number of ether oxygens (including phenoxy) is 2. The van der Waals surface area contributed by atoms with Gasteiger partial charge in [-0.1, -0.05) is 18.2 Å². The predicted octanol–water partition coefficient (Wildman–Crippen LogP) is 1.54. The summed E-state index contributed by atoms with van der Waals surface area (Å²) in [5, 5.41) is 2.62. The van der Waals surface area contributed by atoms with E-state index < -0.39 is 32.7 Å². The number of nitrogens with one attached hydrogen (secondary N) is 2. The van der Waals surface area contributed by atoms with Gasteiger partial charge in [-0.15, -0.1) is 0 Å². The highest BCUT2D eigenvalue weighted by molar-refractivity contribution is 7.89. The van der Waals surface area contributed by atoms with Crippen molar-refractivity contribution < 1.29 is 27.1 Å². The van der Waals surface area contributed by atoms with Crippen LogP contribution in [-0.4, -0.2) is 27.2 Å². The van der Waals surface area contributed by atoms with Crippen molar-refractivity contribution in [3.05, 3.63) is 53.8 Å². The summed E-state index contributed by atoms with van der Waals surface area (Å²) >= 11 is 0. The van der Waals surface area contributed by atoms with Gasteiger partial charge in [0.25, 0.3) is 0 Å². The quantitative estimate of drug-likeness (QED) is 0.793. The van der Waals surface area contributed by atoms with Crippen LogP contribution in [0.3, 0.4) is 0 Å². The Morgan fingerprint density at radius 2 is 1.92 bits per heavy atom. The number of fused-ring (bicyclic) bond motifs is 1. The summed E-state index contributed by atoms with van der Waals surface area (Å²) < 4.78 is 50.7. The molecular formula is C17H17FN2O5S. The Hall–Kier alpha value is -2.65. The Kier molecular flexibility index (Phi) is 5.10. The molecule has 0 radical (unpaired) electrons. The van der Waals surface area contributed by atoms with Gasteiger partial charge < -0.3 is 14.8 Å². The zero-order valence-electron chi connectivity index (χ0n) is 13.9. The van der Waals surface area contributed by atoms with Crippen molar-refractivity contribution in [1.29, 1.82) is 0 Å². The van der Waals surface area contributed by atoms with Gasteiger partial charge in [0.05, 0.1) is 6.04 Å². The third-order valence-electron chi connectivity index (χ3n) is 3.76. The van der Waals surface area contributed by atoms with Gasteiger partial charge in [-0.3, -0.25) is 4.79 Å². The third kappa shape index (κ3) is 3.94. The summed E-state index contributed by atoms with van der Waals surface area (Å²) in [7, 11) is -4.15. The monoisotopic (exact) mass is 380 g/mol. The van der Waals surface area contributed by atoms with Gasteiger partial charge in [-0.25, -0.2) is 12.8 Å². The van der Waals surface area contributed by atoms with Crippen molar-refractivity contribution in [3.8, 4) is 11.5 Å². The third-order valence-corrected chi connectivity index (χ3v) is 5.33. The van der Waals surface area contributed by atoms with Gasteiger partial charge in [-0.05, 0) is 36.8 Å². The van der Waals surface area contributed by atoms with Gasteiger partial charge in [0.2, 0.25) is 22.7 Å². The van der Waals surface area contributed by atoms with E-state index in [0.717, 1.165) is 17.7 Å². The fourth-order valence-electron chi connectivity index (χ4n) is 2.41. The summed E-state index contributed by atoms with van der Waals surface area (Å²) in [5.41, 5.74) is 0.770. The summed E-state index contributed by atoms with van der Waals surface area (Å²) in [6.45, 7) is 1.72. The molecule has 3 rings (SSSR count).